The van der Waals surface area contributed by atoms with Crippen molar-refractivity contribution in [2.45, 2.75) is 51.2 Å². The lowest BCUT2D eigenvalue weighted by molar-refractivity contribution is -0.136. The highest BCUT2D eigenvalue weighted by Crippen LogP contribution is 2.45. The highest BCUT2D eigenvalue weighted by atomic mass is 19.2. The second-order valence-corrected chi connectivity index (χ2v) is 12.5. The Hall–Kier alpha value is -5.67. The predicted molar refractivity (Wildman–Crippen MR) is 175 cm³/mol. The van der Waals surface area contributed by atoms with Gasteiger partial charge in [0.2, 0.25) is 5.82 Å². The number of fused-ring (bicyclic) bond motifs is 2. The Morgan fingerprint density at radius 1 is 0.827 bits per heavy atom. The number of ether oxygens (including phenoxy) is 2. The number of rotatable bonds is 9. The van der Waals surface area contributed by atoms with E-state index in [4.69, 9.17) is 14.6 Å². The van der Waals surface area contributed by atoms with Gasteiger partial charge >= 0.3 is 0 Å². The van der Waals surface area contributed by atoms with Crippen LogP contribution in [-0.2, 0) is 14.4 Å². The number of hydrogen-bond acceptors (Lipinski definition) is 9. The molecule has 0 N–H and O–H groups in total. The molecule has 0 aromatic heterocycles. The summed E-state index contributed by atoms with van der Waals surface area (Å²) in [5.41, 5.74) is 1.59. The third-order valence-corrected chi connectivity index (χ3v) is 9.39. The van der Waals surface area contributed by atoms with Crippen LogP contribution in [0, 0.1) is 35.0 Å². The first-order chi connectivity index (χ1) is 25.0. The summed E-state index contributed by atoms with van der Waals surface area (Å²) in [6, 6.07) is 10.9. The second kappa shape index (κ2) is 13.8. The first-order valence-corrected chi connectivity index (χ1v) is 16.7. The number of nitrogens with zero attached hydrogens (tertiary/aromatic N) is 6. The molecule has 3 amide bonds. The molecule has 7 rings (SSSR count). The molecule has 3 aromatic carbocycles. The van der Waals surface area contributed by atoms with Crippen molar-refractivity contribution in [3.05, 3.63) is 94.3 Å². The minimum absolute atomic E-state index is 0.132. The Morgan fingerprint density at radius 3 is 2.04 bits per heavy atom. The van der Waals surface area contributed by atoms with E-state index in [1.165, 1.54) is 5.01 Å². The summed E-state index contributed by atoms with van der Waals surface area (Å²) in [7, 11) is 0. The van der Waals surface area contributed by atoms with Crippen molar-refractivity contribution in [3.8, 4) is 11.5 Å². The minimum Gasteiger partial charge on any atom is -0.494 e. The molecule has 1 saturated carbocycles. The molecule has 2 fully saturated rings. The highest BCUT2D eigenvalue weighted by Gasteiger charge is 2.57. The SMILES string of the molecule is CCOc1ccc(/C=C2\CCC[C@@H]3C2=NN(C(=O)CN2N=N[C@@H]4C(=O)N(c5c(F)c(F)c(F)c(F)c5F)C(=O)[C@H]42)[C@H]3c2ccc(OCC)cc2)cc1. The van der Waals surface area contributed by atoms with Gasteiger partial charge in [0, 0.05) is 5.92 Å². The van der Waals surface area contributed by atoms with E-state index in [9.17, 15) is 36.3 Å². The van der Waals surface area contributed by atoms with Crippen LogP contribution in [0.2, 0.25) is 0 Å². The van der Waals surface area contributed by atoms with E-state index in [-0.39, 0.29) is 10.8 Å². The average Bonchev–Trinajstić information content (AvgIpc) is 3.81. The Bertz CT molecular complexity index is 2010. The molecule has 3 aromatic rings. The number of carbonyl (C=O) groups excluding carboxylic acids is 3. The van der Waals surface area contributed by atoms with Gasteiger partial charge in [-0.2, -0.15) is 10.2 Å². The number of benzene rings is 3. The number of anilines is 1. The number of allylic oxidation sites excluding steroid dienone is 1. The van der Waals surface area contributed by atoms with Gasteiger partial charge in [0.05, 0.1) is 25.0 Å². The summed E-state index contributed by atoms with van der Waals surface area (Å²) >= 11 is 0. The van der Waals surface area contributed by atoms with Crippen LogP contribution >= 0.6 is 0 Å². The Morgan fingerprint density at radius 2 is 1.42 bits per heavy atom. The number of halogens is 5. The molecule has 11 nitrogen and oxygen atoms in total. The topological polar surface area (TPSA) is 116 Å². The van der Waals surface area contributed by atoms with E-state index in [1.54, 1.807) is 12.1 Å². The molecule has 0 radical (unpaired) electrons. The molecule has 4 atom stereocenters. The van der Waals surface area contributed by atoms with Crippen LogP contribution in [0.4, 0.5) is 27.6 Å². The average molecular weight is 723 g/mol. The lowest BCUT2D eigenvalue weighted by Gasteiger charge is -2.30. The van der Waals surface area contributed by atoms with Gasteiger partial charge in [0.15, 0.2) is 35.4 Å². The normalized spacial score (nSPS) is 23.0. The van der Waals surface area contributed by atoms with Crippen LogP contribution in [-0.4, -0.2) is 65.3 Å². The lowest BCUT2D eigenvalue weighted by atomic mass is 9.77. The van der Waals surface area contributed by atoms with E-state index in [2.05, 4.69) is 10.3 Å². The zero-order valence-corrected chi connectivity index (χ0v) is 27.9. The number of hydrogen-bond donors (Lipinski definition) is 0. The molecule has 0 unspecified atom stereocenters. The van der Waals surface area contributed by atoms with Crippen LogP contribution in [0.15, 0.2) is 69.5 Å². The van der Waals surface area contributed by atoms with Crippen LogP contribution < -0.4 is 14.4 Å². The molecule has 0 bridgehead atoms. The molecular weight excluding hydrogens is 691 g/mol. The van der Waals surface area contributed by atoms with Gasteiger partial charge in [0.1, 0.15) is 23.7 Å². The first kappa shape index (κ1) is 34.8. The number of hydrazone groups is 1. The molecule has 52 heavy (non-hydrogen) atoms. The Labute approximate surface area is 294 Å². The molecule has 3 heterocycles. The molecule has 16 heteroatoms. The first-order valence-electron chi connectivity index (χ1n) is 16.7. The zero-order valence-electron chi connectivity index (χ0n) is 27.9. The second-order valence-electron chi connectivity index (χ2n) is 12.5. The van der Waals surface area contributed by atoms with Crippen molar-refractivity contribution in [1.29, 1.82) is 0 Å². The van der Waals surface area contributed by atoms with Crippen molar-refractivity contribution >= 4 is 35.2 Å². The van der Waals surface area contributed by atoms with Gasteiger partial charge in [-0.05, 0) is 80.2 Å². The fourth-order valence-electron chi connectivity index (χ4n) is 7.07. The van der Waals surface area contributed by atoms with Gasteiger partial charge < -0.3 is 9.47 Å². The van der Waals surface area contributed by atoms with E-state index in [1.807, 2.05) is 56.3 Å². The predicted octanol–water partition coefficient (Wildman–Crippen LogP) is 6.30. The van der Waals surface area contributed by atoms with Crippen molar-refractivity contribution < 1.29 is 45.8 Å². The molecule has 3 aliphatic heterocycles. The van der Waals surface area contributed by atoms with Gasteiger partial charge in [-0.25, -0.2) is 31.9 Å². The maximum absolute atomic E-state index is 14.7. The minimum atomic E-state index is -2.45. The fourth-order valence-corrected chi connectivity index (χ4v) is 7.07. The van der Waals surface area contributed by atoms with Crippen molar-refractivity contribution in [2.75, 3.05) is 24.7 Å². The molecule has 270 valence electrons. The molecule has 1 aliphatic carbocycles. The summed E-state index contributed by atoms with van der Waals surface area (Å²) < 4.78 is 82.4. The monoisotopic (exact) mass is 722 g/mol. The standard InChI is InChI=1S/C36H31F5N6O5/c1-3-51-21-12-8-18(9-13-21)16-20-6-5-7-23-30(20)43-47(32(23)19-10-14-22(15-11-19)52-4-2)24(48)17-45-34-31(42-44-45)35(49)46(36(34)50)33-28(40)26(38)25(37)27(39)29(33)41/h8-16,23,31-32,34H,3-7,17H2,1-2H3/b20-16+/t23-,31+,32+,34+/m1/s1. The fraction of sp³-hybridized carbons (Fsp3) is 0.333. The zero-order chi connectivity index (χ0) is 36.8. The van der Waals surface area contributed by atoms with E-state index in [0.717, 1.165) is 33.9 Å². The Kier molecular flexibility index (Phi) is 9.23. The quantitative estimate of drug-likeness (QED) is 0.111. The van der Waals surface area contributed by atoms with Crippen LogP contribution in [0.3, 0.4) is 0 Å². The van der Waals surface area contributed by atoms with Crippen LogP contribution in [0.25, 0.3) is 6.08 Å². The lowest BCUT2D eigenvalue weighted by Crippen LogP contribution is -2.45. The third-order valence-electron chi connectivity index (χ3n) is 9.39. The van der Waals surface area contributed by atoms with Crippen molar-refractivity contribution in [3.63, 3.8) is 0 Å². The van der Waals surface area contributed by atoms with Crippen molar-refractivity contribution in [1.82, 2.24) is 10.0 Å². The van der Waals surface area contributed by atoms with Gasteiger partial charge in [0.25, 0.3) is 17.7 Å². The smallest absolute Gasteiger partial charge is 0.264 e. The molecular formula is C36H31F5N6O5. The summed E-state index contributed by atoms with van der Waals surface area (Å²) in [6.45, 7) is 4.10. The maximum Gasteiger partial charge on any atom is 0.264 e. The summed E-state index contributed by atoms with van der Waals surface area (Å²) in [5.74, 6) is -14.0. The number of imide groups is 1. The Balaban J connectivity index is 1.19. The summed E-state index contributed by atoms with van der Waals surface area (Å²) in [4.78, 5) is 40.6. The number of amides is 3. The highest BCUT2D eigenvalue weighted by molar-refractivity contribution is 6.25. The van der Waals surface area contributed by atoms with Crippen LogP contribution in [0.1, 0.15) is 50.3 Å². The van der Waals surface area contributed by atoms with Gasteiger partial charge in [-0.15, -0.1) is 0 Å². The van der Waals surface area contributed by atoms with E-state index < -0.39 is 77.2 Å². The van der Waals surface area contributed by atoms with E-state index in [0.29, 0.717) is 37.5 Å². The van der Waals surface area contributed by atoms with Crippen molar-refractivity contribution in [2.24, 2.45) is 21.4 Å². The maximum atomic E-state index is 14.7. The van der Waals surface area contributed by atoms with Gasteiger partial charge in [-0.3, -0.25) is 19.4 Å². The number of carbonyl (C=O) groups is 3. The summed E-state index contributed by atoms with van der Waals surface area (Å²) in [5, 5.41) is 14.6. The van der Waals surface area contributed by atoms with Gasteiger partial charge in [-0.1, -0.05) is 29.5 Å². The molecule has 4 aliphatic rings. The van der Waals surface area contributed by atoms with E-state index >= 15 is 0 Å². The summed E-state index contributed by atoms with van der Waals surface area (Å²) in [6.07, 6.45) is 4.24. The largest absolute Gasteiger partial charge is 0.494 e. The van der Waals surface area contributed by atoms with Crippen LogP contribution in [0.5, 0.6) is 11.5 Å². The third kappa shape index (κ3) is 5.84. The molecule has 0 spiro atoms. The molecule has 1 saturated heterocycles.